The van der Waals surface area contributed by atoms with Gasteiger partial charge in [-0.3, -0.25) is 9.63 Å². The van der Waals surface area contributed by atoms with Crippen molar-refractivity contribution in [1.82, 2.24) is 20.3 Å². The van der Waals surface area contributed by atoms with Gasteiger partial charge in [-0.1, -0.05) is 48.5 Å². The first-order chi connectivity index (χ1) is 16.4. The summed E-state index contributed by atoms with van der Waals surface area (Å²) in [6, 6.07) is 14.9. The molecule has 0 fully saturated rings. The first kappa shape index (κ1) is 23.0. The molecule has 34 heavy (non-hydrogen) atoms. The van der Waals surface area contributed by atoms with Crippen LogP contribution in [0.4, 0.5) is 4.79 Å². The fraction of sp³-hybridized carbons (Fsp3) is 0.250. The summed E-state index contributed by atoms with van der Waals surface area (Å²) >= 11 is 0. The minimum atomic E-state index is -1.23. The molecule has 2 amide bonds. The summed E-state index contributed by atoms with van der Waals surface area (Å²) in [6.07, 6.45) is 2.29. The molecule has 10 heteroatoms. The molecule has 2 aromatic carbocycles. The lowest BCUT2D eigenvalue weighted by Crippen LogP contribution is -2.49. The molecule has 10 nitrogen and oxygen atoms in total. The zero-order valence-corrected chi connectivity index (χ0v) is 18.4. The number of amides is 2. The number of carboxylic acid groups (broad SMARTS) is 1. The maximum Gasteiger partial charge on any atom is 0.407 e. The lowest BCUT2D eigenvalue weighted by molar-refractivity contribution is -0.187. The number of alkyl carbamates (subject to hydrolysis) is 1. The van der Waals surface area contributed by atoms with Gasteiger partial charge < -0.3 is 20.1 Å². The van der Waals surface area contributed by atoms with Crippen LogP contribution in [-0.2, 0) is 25.6 Å². The molecule has 1 aliphatic rings. The number of aliphatic carboxylic acids is 1. The van der Waals surface area contributed by atoms with E-state index in [1.165, 1.54) is 19.6 Å². The van der Waals surface area contributed by atoms with Crippen LogP contribution < -0.4 is 5.32 Å². The van der Waals surface area contributed by atoms with Crippen LogP contribution in [0.15, 0.2) is 61.1 Å². The van der Waals surface area contributed by atoms with Crippen LogP contribution in [0, 0.1) is 0 Å². The molecule has 1 aliphatic carbocycles. The number of hydrogen-bond acceptors (Lipinski definition) is 6. The lowest BCUT2D eigenvalue weighted by atomic mass is 9.98. The summed E-state index contributed by atoms with van der Waals surface area (Å²) in [6.45, 7) is -0.597. The molecule has 3 aromatic rings. The van der Waals surface area contributed by atoms with Crippen molar-refractivity contribution in [3.63, 3.8) is 0 Å². The third kappa shape index (κ3) is 5.07. The third-order valence-electron chi connectivity index (χ3n) is 5.60. The van der Waals surface area contributed by atoms with Gasteiger partial charge in [0.1, 0.15) is 12.6 Å². The van der Waals surface area contributed by atoms with E-state index in [0.29, 0.717) is 5.69 Å². The summed E-state index contributed by atoms with van der Waals surface area (Å²) < 4.78 is 5.54. The van der Waals surface area contributed by atoms with Crippen LogP contribution in [0.3, 0.4) is 0 Å². The molecule has 0 aliphatic heterocycles. The summed E-state index contributed by atoms with van der Waals surface area (Å²) in [5.74, 6) is -1.99. The zero-order valence-electron chi connectivity index (χ0n) is 18.4. The SMILES string of the molecule is CN(OCC(=O)O)C(=O)[C@H](Cc1cnc[nH]1)NC(=O)OCC1c2ccccc2-c2ccccc21. The van der Waals surface area contributed by atoms with Crippen molar-refractivity contribution in [3.05, 3.63) is 77.9 Å². The number of carbonyl (C=O) groups excluding carboxylic acids is 2. The highest BCUT2D eigenvalue weighted by atomic mass is 16.7. The Morgan fingerprint density at radius 1 is 1.12 bits per heavy atom. The summed E-state index contributed by atoms with van der Waals surface area (Å²) in [5, 5.41) is 12.1. The number of rotatable bonds is 9. The molecule has 0 unspecified atom stereocenters. The zero-order chi connectivity index (χ0) is 24.1. The van der Waals surface area contributed by atoms with E-state index in [-0.39, 0.29) is 18.9 Å². The van der Waals surface area contributed by atoms with Crippen molar-refractivity contribution in [1.29, 1.82) is 0 Å². The molecular weight excluding hydrogens is 440 g/mol. The van der Waals surface area contributed by atoms with Gasteiger partial charge in [0, 0.05) is 31.3 Å². The number of nitrogens with one attached hydrogen (secondary N) is 2. The van der Waals surface area contributed by atoms with Crippen molar-refractivity contribution >= 4 is 18.0 Å². The van der Waals surface area contributed by atoms with E-state index in [0.717, 1.165) is 27.3 Å². The highest BCUT2D eigenvalue weighted by Crippen LogP contribution is 2.44. The molecule has 176 valence electrons. The maximum atomic E-state index is 12.8. The van der Waals surface area contributed by atoms with E-state index in [9.17, 15) is 14.4 Å². The van der Waals surface area contributed by atoms with E-state index >= 15 is 0 Å². The number of fused-ring (bicyclic) bond motifs is 3. The molecule has 1 atom stereocenters. The number of hydrogen-bond donors (Lipinski definition) is 3. The Balaban J connectivity index is 1.44. The molecule has 1 heterocycles. The molecule has 0 saturated carbocycles. The van der Waals surface area contributed by atoms with Crippen molar-refractivity contribution in [2.24, 2.45) is 0 Å². The van der Waals surface area contributed by atoms with Gasteiger partial charge in [0.15, 0.2) is 6.61 Å². The molecule has 0 spiro atoms. The Labute approximate surface area is 195 Å². The minimum Gasteiger partial charge on any atom is -0.479 e. The van der Waals surface area contributed by atoms with Gasteiger partial charge in [-0.25, -0.2) is 19.6 Å². The van der Waals surface area contributed by atoms with Gasteiger partial charge in [-0.05, 0) is 22.3 Å². The van der Waals surface area contributed by atoms with Crippen LogP contribution in [0.1, 0.15) is 22.7 Å². The van der Waals surface area contributed by atoms with E-state index in [4.69, 9.17) is 14.7 Å². The molecule has 1 aromatic heterocycles. The first-order valence-electron chi connectivity index (χ1n) is 10.6. The maximum absolute atomic E-state index is 12.8. The molecule has 0 saturated heterocycles. The number of imidazole rings is 1. The average molecular weight is 464 g/mol. The van der Waals surface area contributed by atoms with Crippen LogP contribution in [0.25, 0.3) is 11.1 Å². The molecule has 0 radical (unpaired) electrons. The standard InChI is InChI=1S/C24H24N4O6/c1-28(34-13-22(29)30)23(31)21(10-15-11-25-14-26-15)27-24(32)33-12-20-18-8-4-2-6-16(18)17-7-3-5-9-19(17)20/h2-9,11,14,20-21H,10,12-13H2,1H3,(H,25,26)(H,27,32)(H,29,30)/t21-/m0/s1. The van der Waals surface area contributed by atoms with E-state index in [1.807, 2.05) is 48.5 Å². The number of ether oxygens (including phenoxy) is 1. The Bertz CT molecular complexity index is 1130. The Morgan fingerprint density at radius 2 is 1.76 bits per heavy atom. The van der Waals surface area contributed by atoms with Crippen molar-refractivity contribution < 1.29 is 29.1 Å². The number of carboxylic acids is 1. The van der Waals surface area contributed by atoms with E-state index in [1.54, 1.807) is 0 Å². The summed E-state index contributed by atoms with van der Waals surface area (Å²) in [4.78, 5) is 48.0. The number of aromatic nitrogens is 2. The topological polar surface area (TPSA) is 134 Å². The van der Waals surface area contributed by atoms with Gasteiger partial charge in [0.25, 0.3) is 5.91 Å². The second-order valence-corrected chi connectivity index (χ2v) is 7.81. The minimum absolute atomic E-state index is 0.0871. The molecule has 0 bridgehead atoms. The van der Waals surface area contributed by atoms with Gasteiger partial charge in [-0.2, -0.15) is 0 Å². The molecule has 3 N–H and O–H groups in total. The third-order valence-corrected chi connectivity index (χ3v) is 5.60. The van der Waals surface area contributed by atoms with E-state index < -0.39 is 30.6 Å². The molecular formula is C24H24N4O6. The second-order valence-electron chi connectivity index (χ2n) is 7.81. The summed E-state index contributed by atoms with van der Waals surface area (Å²) in [5.41, 5.74) is 4.96. The number of benzene rings is 2. The fourth-order valence-electron chi connectivity index (χ4n) is 4.03. The van der Waals surface area contributed by atoms with Crippen LogP contribution >= 0.6 is 0 Å². The number of hydroxylamine groups is 2. The van der Waals surface area contributed by atoms with Crippen LogP contribution in [-0.4, -0.2) is 64.4 Å². The van der Waals surface area contributed by atoms with Crippen molar-refractivity contribution in [2.75, 3.05) is 20.3 Å². The number of aromatic amines is 1. The van der Waals surface area contributed by atoms with Crippen LogP contribution in [0.2, 0.25) is 0 Å². The van der Waals surface area contributed by atoms with E-state index in [2.05, 4.69) is 15.3 Å². The van der Waals surface area contributed by atoms with Gasteiger partial charge in [0.2, 0.25) is 0 Å². The highest BCUT2D eigenvalue weighted by molar-refractivity contribution is 5.85. The predicted molar refractivity (Wildman–Crippen MR) is 121 cm³/mol. The van der Waals surface area contributed by atoms with Crippen LogP contribution in [0.5, 0.6) is 0 Å². The number of nitrogens with zero attached hydrogens (tertiary/aromatic N) is 2. The number of carbonyl (C=O) groups is 3. The Morgan fingerprint density at radius 3 is 2.35 bits per heavy atom. The largest absolute Gasteiger partial charge is 0.479 e. The van der Waals surface area contributed by atoms with Gasteiger partial charge in [0.05, 0.1) is 6.33 Å². The monoisotopic (exact) mass is 464 g/mol. The number of likely N-dealkylation sites (N-methyl/N-ethyl adjacent to an activating group) is 1. The fourth-order valence-corrected chi connectivity index (χ4v) is 4.03. The normalized spacial score (nSPS) is 13.0. The quantitative estimate of drug-likeness (QED) is 0.414. The first-order valence-corrected chi connectivity index (χ1v) is 10.6. The number of H-pyrrole nitrogens is 1. The van der Waals surface area contributed by atoms with Gasteiger partial charge in [-0.15, -0.1) is 0 Å². The molecule has 4 rings (SSSR count). The smallest absolute Gasteiger partial charge is 0.407 e. The van der Waals surface area contributed by atoms with Crippen molar-refractivity contribution in [3.8, 4) is 11.1 Å². The van der Waals surface area contributed by atoms with Crippen molar-refractivity contribution in [2.45, 2.75) is 18.4 Å². The lowest BCUT2D eigenvalue weighted by Gasteiger charge is -2.23. The second kappa shape index (κ2) is 10.2. The summed E-state index contributed by atoms with van der Waals surface area (Å²) in [7, 11) is 1.28. The highest BCUT2D eigenvalue weighted by Gasteiger charge is 2.30. The Hall–Kier alpha value is -4.18. The van der Waals surface area contributed by atoms with Gasteiger partial charge >= 0.3 is 12.1 Å². The average Bonchev–Trinajstić information content (AvgIpc) is 3.46. The Kier molecular flexibility index (Phi) is 6.88. The predicted octanol–water partition coefficient (Wildman–Crippen LogP) is 2.33.